The average molecular weight is 365 g/mol. The Morgan fingerprint density at radius 3 is 2.48 bits per heavy atom. The van der Waals surface area contributed by atoms with E-state index in [1.165, 1.54) is 6.07 Å². The van der Waals surface area contributed by atoms with Crippen LogP contribution in [0.2, 0.25) is 0 Å². The molecule has 0 amide bonds. The summed E-state index contributed by atoms with van der Waals surface area (Å²) in [5.41, 5.74) is 2.38. The first-order chi connectivity index (χ1) is 9.83. The van der Waals surface area contributed by atoms with Crippen LogP contribution in [0.1, 0.15) is 16.7 Å². The third kappa shape index (κ3) is 3.43. The molecule has 0 atom stereocenters. The minimum absolute atomic E-state index is 0.106. The molecule has 21 heavy (non-hydrogen) atoms. The number of hydrogen-bond donors (Lipinski definition) is 1. The minimum atomic E-state index is -3.74. The summed E-state index contributed by atoms with van der Waals surface area (Å²) in [6, 6.07) is 11.9. The highest BCUT2D eigenvalue weighted by atomic mass is 79.9. The quantitative estimate of drug-likeness (QED) is 0.901. The third-order valence-corrected chi connectivity index (χ3v) is 5.14. The summed E-state index contributed by atoms with van der Waals surface area (Å²) in [4.78, 5) is 0.106. The lowest BCUT2D eigenvalue weighted by molar-refractivity contribution is 0.600. The van der Waals surface area contributed by atoms with E-state index in [0.29, 0.717) is 21.3 Å². The van der Waals surface area contributed by atoms with Crippen molar-refractivity contribution < 1.29 is 8.42 Å². The van der Waals surface area contributed by atoms with Gasteiger partial charge in [0.05, 0.1) is 22.2 Å². The maximum absolute atomic E-state index is 12.5. The number of nitrogens with one attached hydrogen (secondary N) is 1. The molecule has 2 aromatic rings. The fourth-order valence-electron chi connectivity index (χ4n) is 1.86. The number of nitrogens with zero attached hydrogens (tertiary/aromatic N) is 1. The number of anilines is 1. The number of benzene rings is 2. The lowest BCUT2D eigenvalue weighted by atomic mass is 10.2. The largest absolute Gasteiger partial charge is 0.278 e. The van der Waals surface area contributed by atoms with Crippen molar-refractivity contribution in [2.24, 2.45) is 0 Å². The van der Waals surface area contributed by atoms with Crippen LogP contribution in [0.4, 0.5) is 5.69 Å². The lowest BCUT2D eigenvalue weighted by Crippen LogP contribution is -2.15. The van der Waals surface area contributed by atoms with Gasteiger partial charge in [-0.2, -0.15) is 5.26 Å². The third-order valence-electron chi connectivity index (χ3n) is 2.98. The summed E-state index contributed by atoms with van der Waals surface area (Å²) in [7, 11) is -3.74. The number of nitriles is 1. The minimum Gasteiger partial charge on any atom is -0.278 e. The molecule has 0 radical (unpaired) electrons. The van der Waals surface area contributed by atoms with Crippen molar-refractivity contribution in [3.8, 4) is 6.07 Å². The highest BCUT2D eigenvalue weighted by molar-refractivity contribution is 9.10. The highest BCUT2D eigenvalue weighted by Gasteiger charge is 2.18. The Hall–Kier alpha value is -1.84. The second-order valence-corrected chi connectivity index (χ2v) is 7.19. The van der Waals surface area contributed by atoms with Crippen molar-refractivity contribution in [1.82, 2.24) is 0 Å². The van der Waals surface area contributed by atoms with E-state index < -0.39 is 10.0 Å². The summed E-state index contributed by atoms with van der Waals surface area (Å²) in [5, 5.41) is 8.91. The van der Waals surface area contributed by atoms with Crippen LogP contribution < -0.4 is 4.72 Å². The van der Waals surface area contributed by atoms with Gasteiger partial charge in [-0.25, -0.2) is 8.42 Å². The van der Waals surface area contributed by atoms with Crippen molar-refractivity contribution >= 4 is 31.6 Å². The van der Waals surface area contributed by atoms with Crippen LogP contribution in [0.5, 0.6) is 0 Å². The molecule has 0 spiro atoms. The molecule has 0 bridgehead atoms. The Labute approximate surface area is 132 Å². The van der Waals surface area contributed by atoms with Gasteiger partial charge in [-0.05, 0) is 65.2 Å². The zero-order chi connectivity index (χ0) is 15.6. The first-order valence-corrected chi connectivity index (χ1v) is 8.41. The molecule has 108 valence electrons. The van der Waals surface area contributed by atoms with E-state index in [-0.39, 0.29) is 4.90 Å². The fraction of sp³-hybridized carbons (Fsp3) is 0.133. The van der Waals surface area contributed by atoms with E-state index >= 15 is 0 Å². The van der Waals surface area contributed by atoms with Gasteiger partial charge >= 0.3 is 0 Å². The second-order valence-electron chi connectivity index (χ2n) is 4.68. The molecular formula is C15H13BrN2O2S. The Kier molecular flexibility index (Phi) is 4.35. The normalized spacial score (nSPS) is 11.0. The predicted molar refractivity (Wildman–Crippen MR) is 85.6 cm³/mol. The maximum Gasteiger partial charge on any atom is 0.262 e. The zero-order valence-corrected chi connectivity index (χ0v) is 13.9. The SMILES string of the molecule is Cc1ccc(NS(=O)(=O)c2cc(C#N)ccc2C)c(Br)c1. The highest BCUT2D eigenvalue weighted by Crippen LogP contribution is 2.27. The summed E-state index contributed by atoms with van der Waals surface area (Å²) in [6.45, 7) is 3.61. The number of halogens is 1. The van der Waals surface area contributed by atoms with Gasteiger partial charge in [0.2, 0.25) is 0 Å². The number of rotatable bonds is 3. The van der Waals surface area contributed by atoms with E-state index in [0.717, 1.165) is 5.56 Å². The molecule has 0 heterocycles. The van der Waals surface area contributed by atoms with Crippen LogP contribution in [0.3, 0.4) is 0 Å². The summed E-state index contributed by atoms with van der Waals surface area (Å²) < 4.78 is 28.2. The van der Waals surface area contributed by atoms with Gasteiger partial charge in [-0.15, -0.1) is 0 Å². The van der Waals surface area contributed by atoms with E-state index in [9.17, 15) is 8.42 Å². The Bertz CT molecular complexity index is 839. The van der Waals surface area contributed by atoms with Crippen molar-refractivity contribution in [2.45, 2.75) is 18.7 Å². The van der Waals surface area contributed by atoms with Crippen LogP contribution >= 0.6 is 15.9 Å². The van der Waals surface area contributed by atoms with Crippen molar-refractivity contribution in [1.29, 1.82) is 5.26 Å². The molecule has 4 nitrogen and oxygen atoms in total. The number of hydrogen-bond acceptors (Lipinski definition) is 3. The molecule has 2 aromatic carbocycles. The fourth-order valence-corrected chi connectivity index (χ4v) is 3.94. The summed E-state index contributed by atoms with van der Waals surface area (Å²) in [6.07, 6.45) is 0. The van der Waals surface area contributed by atoms with Crippen molar-refractivity contribution in [3.63, 3.8) is 0 Å². The van der Waals surface area contributed by atoms with Gasteiger partial charge < -0.3 is 0 Å². The van der Waals surface area contributed by atoms with Crippen LogP contribution in [0.25, 0.3) is 0 Å². The predicted octanol–water partition coefficient (Wildman–Crippen LogP) is 3.74. The van der Waals surface area contributed by atoms with Gasteiger partial charge in [-0.1, -0.05) is 12.1 Å². The molecule has 0 aromatic heterocycles. The molecule has 0 fully saturated rings. The zero-order valence-electron chi connectivity index (χ0n) is 11.5. The number of aryl methyl sites for hydroxylation is 2. The van der Waals surface area contributed by atoms with Crippen LogP contribution in [0.15, 0.2) is 45.8 Å². The maximum atomic E-state index is 12.5. The smallest absolute Gasteiger partial charge is 0.262 e. The van der Waals surface area contributed by atoms with Gasteiger partial charge in [-0.3, -0.25) is 4.72 Å². The molecular weight excluding hydrogens is 352 g/mol. The second kappa shape index (κ2) is 5.88. The van der Waals surface area contributed by atoms with Crippen LogP contribution in [0, 0.1) is 25.2 Å². The van der Waals surface area contributed by atoms with E-state index in [2.05, 4.69) is 20.7 Å². The molecule has 0 saturated carbocycles. The topological polar surface area (TPSA) is 70.0 Å². The van der Waals surface area contributed by atoms with E-state index in [1.54, 1.807) is 25.1 Å². The average Bonchev–Trinajstić information content (AvgIpc) is 2.42. The van der Waals surface area contributed by atoms with Gasteiger partial charge in [0, 0.05) is 4.47 Å². The molecule has 6 heteroatoms. The van der Waals surface area contributed by atoms with E-state index in [1.807, 2.05) is 25.1 Å². The lowest BCUT2D eigenvalue weighted by Gasteiger charge is -2.12. The van der Waals surface area contributed by atoms with Crippen LogP contribution in [-0.2, 0) is 10.0 Å². The summed E-state index contributed by atoms with van der Waals surface area (Å²) >= 11 is 3.34. The molecule has 0 aliphatic rings. The Morgan fingerprint density at radius 1 is 1.14 bits per heavy atom. The van der Waals surface area contributed by atoms with E-state index in [4.69, 9.17) is 5.26 Å². The molecule has 0 aliphatic heterocycles. The first-order valence-electron chi connectivity index (χ1n) is 6.13. The summed E-state index contributed by atoms with van der Waals surface area (Å²) in [5.74, 6) is 0. The van der Waals surface area contributed by atoms with Crippen molar-refractivity contribution in [2.75, 3.05) is 4.72 Å². The monoisotopic (exact) mass is 364 g/mol. The van der Waals surface area contributed by atoms with Gasteiger partial charge in [0.1, 0.15) is 0 Å². The standard InChI is InChI=1S/C15H13BrN2O2S/c1-10-3-6-14(13(16)7-10)18-21(19,20)15-8-12(9-17)5-4-11(15)2/h3-8,18H,1-2H3. The van der Waals surface area contributed by atoms with Gasteiger partial charge in [0.15, 0.2) is 0 Å². The molecule has 2 rings (SSSR count). The Morgan fingerprint density at radius 2 is 1.86 bits per heavy atom. The molecule has 0 unspecified atom stereocenters. The molecule has 1 N–H and O–H groups in total. The first kappa shape index (κ1) is 15.5. The van der Waals surface area contributed by atoms with Crippen molar-refractivity contribution in [3.05, 3.63) is 57.6 Å². The number of sulfonamides is 1. The molecule has 0 saturated heterocycles. The van der Waals surface area contributed by atoms with Gasteiger partial charge in [0.25, 0.3) is 10.0 Å². The molecule has 0 aliphatic carbocycles. The van der Waals surface area contributed by atoms with Crippen LogP contribution in [-0.4, -0.2) is 8.42 Å². The Balaban J connectivity index is 2.46.